The molecule has 0 radical (unpaired) electrons. The van der Waals surface area contributed by atoms with Crippen LogP contribution in [0, 0.1) is 0 Å². The quantitative estimate of drug-likeness (QED) is 0.859. The molecular formula is C7H5ClF3N3O. The zero-order chi connectivity index (χ0) is 11.5. The van der Waals surface area contributed by atoms with Crippen molar-refractivity contribution < 1.29 is 18.0 Å². The van der Waals surface area contributed by atoms with E-state index < -0.39 is 18.5 Å². The van der Waals surface area contributed by atoms with Gasteiger partial charge in [0.2, 0.25) is 5.91 Å². The molecule has 1 aromatic heterocycles. The lowest BCUT2D eigenvalue weighted by Gasteiger charge is -2.06. The third kappa shape index (κ3) is 4.59. The first-order valence-corrected chi connectivity index (χ1v) is 4.09. The smallest absolute Gasteiger partial charge is 0.309 e. The Balaban J connectivity index is 2.59. The fourth-order valence-corrected chi connectivity index (χ4v) is 0.919. The number of carbonyl (C=O) groups excluding carboxylic acids is 1. The minimum absolute atomic E-state index is 0.0141. The van der Waals surface area contributed by atoms with E-state index >= 15 is 0 Å². The third-order valence-corrected chi connectivity index (χ3v) is 1.42. The highest BCUT2D eigenvalue weighted by molar-refractivity contribution is 6.29. The molecule has 4 nitrogen and oxygen atoms in total. The average molecular weight is 240 g/mol. The van der Waals surface area contributed by atoms with Gasteiger partial charge in [0.15, 0.2) is 5.82 Å². The van der Waals surface area contributed by atoms with Gasteiger partial charge in [0, 0.05) is 0 Å². The van der Waals surface area contributed by atoms with Gasteiger partial charge in [-0.2, -0.15) is 13.2 Å². The fourth-order valence-electron chi connectivity index (χ4n) is 0.771. The average Bonchev–Trinajstić information content (AvgIpc) is 1.99. The van der Waals surface area contributed by atoms with Crippen molar-refractivity contribution in [2.45, 2.75) is 12.6 Å². The summed E-state index contributed by atoms with van der Waals surface area (Å²) in [5.74, 6) is -1.32. The molecular weight excluding hydrogens is 235 g/mol. The van der Waals surface area contributed by atoms with Gasteiger partial charge in [-0.1, -0.05) is 11.6 Å². The fraction of sp³-hybridized carbons (Fsp3) is 0.286. The summed E-state index contributed by atoms with van der Waals surface area (Å²) in [6.07, 6.45) is -3.82. The van der Waals surface area contributed by atoms with Crippen LogP contribution >= 0.6 is 11.6 Å². The van der Waals surface area contributed by atoms with Crippen LogP contribution in [0.25, 0.3) is 0 Å². The van der Waals surface area contributed by atoms with Crippen LogP contribution in [0.1, 0.15) is 6.42 Å². The summed E-state index contributed by atoms with van der Waals surface area (Å²) >= 11 is 5.41. The topological polar surface area (TPSA) is 54.9 Å². The summed E-state index contributed by atoms with van der Waals surface area (Å²) in [7, 11) is 0. The summed E-state index contributed by atoms with van der Waals surface area (Å²) in [5, 5.41) is 1.91. The number of nitrogens with one attached hydrogen (secondary N) is 1. The molecule has 0 aliphatic heterocycles. The highest BCUT2D eigenvalue weighted by Gasteiger charge is 2.31. The number of aromatic nitrogens is 2. The monoisotopic (exact) mass is 239 g/mol. The van der Waals surface area contributed by atoms with Crippen molar-refractivity contribution in [2.24, 2.45) is 0 Å². The van der Waals surface area contributed by atoms with Crippen LogP contribution in [0.15, 0.2) is 12.4 Å². The van der Waals surface area contributed by atoms with Gasteiger partial charge in [-0.3, -0.25) is 9.78 Å². The molecule has 0 aliphatic rings. The van der Waals surface area contributed by atoms with Crippen molar-refractivity contribution in [3.8, 4) is 0 Å². The van der Waals surface area contributed by atoms with Crippen molar-refractivity contribution >= 4 is 23.3 Å². The van der Waals surface area contributed by atoms with Gasteiger partial charge in [-0.15, -0.1) is 0 Å². The zero-order valence-electron chi connectivity index (χ0n) is 7.18. The minimum Gasteiger partial charge on any atom is -0.309 e. The van der Waals surface area contributed by atoms with Gasteiger partial charge >= 0.3 is 6.18 Å². The summed E-state index contributed by atoms with van der Waals surface area (Å²) < 4.78 is 35.3. The first kappa shape index (κ1) is 11.7. The van der Waals surface area contributed by atoms with Crippen LogP contribution in [0.2, 0.25) is 5.15 Å². The van der Waals surface area contributed by atoms with E-state index in [0.29, 0.717) is 0 Å². The molecule has 1 heterocycles. The number of anilines is 1. The van der Waals surface area contributed by atoms with Crippen LogP contribution in [-0.2, 0) is 4.79 Å². The van der Waals surface area contributed by atoms with Crippen LogP contribution in [0.4, 0.5) is 19.0 Å². The van der Waals surface area contributed by atoms with Crippen LogP contribution in [0.5, 0.6) is 0 Å². The molecule has 0 atom stereocenters. The van der Waals surface area contributed by atoms with Gasteiger partial charge in [0.1, 0.15) is 11.6 Å². The Morgan fingerprint density at radius 1 is 1.47 bits per heavy atom. The number of hydrogen-bond donors (Lipinski definition) is 1. The Kier molecular flexibility index (Phi) is 3.46. The predicted molar refractivity (Wildman–Crippen MR) is 46.3 cm³/mol. The molecule has 1 amide bonds. The largest absolute Gasteiger partial charge is 0.397 e. The number of rotatable bonds is 2. The molecule has 0 unspecified atom stereocenters. The number of carbonyl (C=O) groups is 1. The Hall–Kier alpha value is -1.37. The molecule has 1 N–H and O–H groups in total. The van der Waals surface area contributed by atoms with E-state index in [1.807, 2.05) is 5.32 Å². The lowest BCUT2D eigenvalue weighted by atomic mass is 10.4. The highest BCUT2D eigenvalue weighted by atomic mass is 35.5. The molecule has 0 saturated carbocycles. The second-order valence-corrected chi connectivity index (χ2v) is 2.95. The van der Waals surface area contributed by atoms with Crippen LogP contribution in [-0.4, -0.2) is 22.1 Å². The SMILES string of the molecule is O=C(CC(F)(F)F)Nc1cncc(Cl)n1. The molecule has 1 aromatic rings. The van der Waals surface area contributed by atoms with Crippen LogP contribution < -0.4 is 5.32 Å². The number of alkyl halides is 3. The first-order valence-electron chi connectivity index (χ1n) is 3.71. The van der Waals surface area contributed by atoms with E-state index in [0.717, 1.165) is 6.20 Å². The summed E-state index contributed by atoms with van der Waals surface area (Å²) in [6.45, 7) is 0. The number of amides is 1. The van der Waals surface area contributed by atoms with E-state index in [1.54, 1.807) is 0 Å². The van der Waals surface area contributed by atoms with Crippen molar-refractivity contribution in [2.75, 3.05) is 5.32 Å². The molecule has 8 heteroatoms. The maximum Gasteiger partial charge on any atom is 0.397 e. The Labute approximate surface area is 87.5 Å². The lowest BCUT2D eigenvalue weighted by Crippen LogP contribution is -2.21. The maximum absolute atomic E-state index is 11.8. The maximum atomic E-state index is 11.8. The van der Waals surface area contributed by atoms with Crippen molar-refractivity contribution in [3.05, 3.63) is 17.5 Å². The lowest BCUT2D eigenvalue weighted by molar-refractivity contribution is -0.150. The highest BCUT2D eigenvalue weighted by Crippen LogP contribution is 2.20. The van der Waals surface area contributed by atoms with Gasteiger partial charge in [0.25, 0.3) is 0 Å². The number of halogens is 4. The van der Waals surface area contributed by atoms with E-state index in [4.69, 9.17) is 11.6 Å². The van der Waals surface area contributed by atoms with Gasteiger partial charge in [-0.25, -0.2) is 4.98 Å². The molecule has 0 spiro atoms. The first-order chi connectivity index (χ1) is 6.87. The number of nitrogens with zero attached hydrogens (tertiary/aromatic N) is 2. The summed E-state index contributed by atoms with van der Waals surface area (Å²) in [6, 6.07) is 0. The molecule has 0 saturated heterocycles. The van der Waals surface area contributed by atoms with Crippen molar-refractivity contribution in [1.82, 2.24) is 9.97 Å². The van der Waals surface area contributed by atoms with E-state index in [1.165, 1.54) is 6.20 Å². The van der Waals surface area contributed by atoms with Gasteiger partial charge in [0.05, 0.1) is 12.4 Å². The summed E-state index contributed by atoms with van der Waals surface area (Å²) in [5.41, 5.74) is 0. The molecule has 0 aromatic carbocycles. The molecule has 0 aliphatic carbocycles. The van der Waals surface area contributed by atoms with Gasteiger partial charge in [-0.05, 0) is 0 Å². The Morgan fingerprint density at radius 2 is 2.13 bits per heavy atom. The van der Waals surface area contributed by atoms with Crippen molar-refractivity contribution in [1.29, 1.82) is 0 Å². The summed E-state index contributed by atoms with van der Waals surface area (Å²) in [4.78, 5) is 17.9. The van der Waals surface area contributed by atoms with Crippen LogP contribution in [0.3, 0.4) is 0 Å². The standard InChI is InChI=1S/C7H5ClF3N3O/c8-4-2-12-3-5(13-4)14-6(15)1-7(9,10)11/h2-3H,1H2,(H,13,14,15). The Bertz CT molecular complexity index is 369. The van der Waals surface area contributed by atoms with E-state index in [-0.39, 0.29) is 11.0 Å². The normalized spacial score (nSPS) is 11.2. The minimum atomic E-state index is -4.55. The molecule has 1 rings (SSSR count). The van der Waals surface area contributed by atoms with Gasteiger partial charge < -0.3 is 5.32 Å². The predicted octanol–water partition coefficient (Wildman–Crippen LogP) is 2.02. The van der Waals surface area contributed by atoms with Crippen molar-refractivity contribution in [3.63, 3.8) is 0 Å². The molecule has 82 valence electrons. The zero-order valence-corrected chi connectivity index (χ0v) is 7.93. The van der Waals surface area contributed by atoms with E-state index in [9.17, 15) is 18.0 Å². The Morgan fingerprint density at radius 3 is 2.67 bits per heavy atom. The van der Waals surface area contributed by atoms with E-state index in [2.05, 4.69) is 9.97 Å². The molecule has 0 bridgehead atoms. The third-order valence-electron chi connectivity index (χ3n) is 1.23. The second-order valence-electron chi connectivity index (χ2n) is 2.57. The molecule has 15 heavy (non-hydrogen) atoms. The molecule has 0 fully saturated rings. The number of hydrogen-bond acceptors (Lipinski definition) is 3. The second kappa shape index (κ2) is 4.43.